The molecule has 2 aromatic heterocycles. The summed E-state index contributed by atoms with van der Waals surface area (Å²) in [5, 5.41) is 19.8. The quantitative estimate of drug-likeness (QED) is 0.677. The first-order valence-corrected chi connectivity index (χ1v) is 5.83. The Kier molecular flexibility index (Phi) is 2.74. The molecule has 1 fully saturated rings. The molecular formula is C11H12N8. The summed E-state index contributed by atoms with van der Waals surface area (Å²) < 4.78 is 1.37. The molecule has 1 aliphatic heterocycles. The number of aromatic nitrogens is 4. The third kappa shape index (κ3) is 1.96. The van der Waals surface area contributed by atoms with E-state index in [-0.39, 0.29) is 11.9 Å². The predicted octanol–water partition coefficient (Wildman–Crippen LogP) is -0.500. The monoisotopic (exact) mass is 256 g/mol. The summed E-state index contributed by atoms with van der Waals surface area (Å²) >= 11 is 0. The van der Waals surface area contributed by atoms with Crippen LogP contribution in [0, 0.1) is 11.3 Å². The van der Waals surface area contributed by atoms with Crippen molar-refractivity contribution in [3.63, 3.8) is 0 Å². The minimum atomic E-state index is 0.239. The van der Waals surface area contributed by atoms with Gasteiger partial charge in [0.1, 0.15) is 11.6 Å². The average Bonchev–Trinajstić information content (AvgIpc) is 2.71. The summed E-state index contributed by atoms with van der Waals surface area (Å²) in [6, 6.07) is 4.03. The summed E-state index contributed by atoms with van der Waals surface area (Å²) in [6.45, 7) is 1.69. The Hall–Kier alpha value is -2.66. The SMILES string of the molecule is N#Cc1c(NC2CNC2)nn(-c2ncccn2)c1N. The van der Waals surface area contributed by atoms with E-state index in [2.05, 4.69) is 31.8 Å². The van der Waals surface area contributed by atoms with Gasteiger partial charge in [-0.15, -0.1) is 5.10 Å². The third-order valence-corrected chi connectivity index (χ3v) is 2.90. The van der Waals surface area contributed by atoms with Gasteiger partial charge >= 0.3 is 0 Å². The van der Waals surface area contributed by atoms with Crippen LogP contribution >= 0.6 is 0 Å². The lowest BCUT2D eigenvalue weighted by molar-refractivity contribution is 0.470. The summed E-state index contributed by atoms with van der Waals surface area (Å²) in [4.78, 5) is 8.14. The second-order valence-corrected chi connectivity index (χ2v) is 4.18. The van der Waals surface area contributed by atoms with Crippen LogP contribution in [-0.4, -0.2) is 38.9 Å². The highest BCUT2D eigenvalue weighted by Gasteiger charge is 2.23. The van der Waals surface area contributed by atoms with E-state index in [1.807, 2.05) is 0 Å². The van der Waals surface area contributed by atoms with Crippen molar-refractivity contribution in [2.24, 2.45) is 0 Å². The fourth-order valence-electron chi connectivity index (χ4n) is 1.78. The maximum absolute atomic E-state index is 9.18. The number of hydrogen-bond acceptors (Lipinski definition) is 7. The molecule has 1 saturated heterocycles. The van der Waals surface area contributed by atoms with Gasteiger partial charge in [-0.05, 0) is 6.07 Å². The molecule has 0 bridgehead atoms. The minimum Gasteiger partial charge on any atom is -0.382 e. The lowest BCUT2D eigenvalue weighted by Crippen LogP contribution is -2.51. The number of hydrogen-bond donors (Lipinski definition) is 3. The van der Waals surface area contributed by atoms with Gasteiger partial charge in [0.05, 0.1) is 6.04 Å². The van der Waals surface area contributed by atoms with E-state index in [0.717, 1.165) is 13.1 Å². The van der Waals surface area contributed by atoms with Crippen LogP contribution in [-0.2, 0) is 0 Å². The molecule has 0 unspecified atom stereocenters. The van der Waals surface area contributed by atoms with Crippen LogP contribution in [0.4, 0.5) is 11.6 Å². The van der Waals surface area contributed by atoms with E-state index in [4.69, 9.17) is 5.73 Å². The van der Waals surface area contributed by atoms with Gasteiger partial charge in [-0.2, -0.15) is 9.94 Å². The fourth-order valence-corrected chi connectivity index (χ4v) is 1.78. The van der Waals surface area contributed by atoms with Crippen molar-refractivity contribution in [2.45, 2.75) is 6.04 Å². The van der Waals surface area contributed by atoms with Crippen molar-refractivity contribution >= 4 is 11.6 Å². The Labute approximate surface area is 109 Å². The molecule has 19 heavy (non-hydrogen) atoms. The Balaban J connectivity index is 1.99. The third-order valence-electron chi connectivity index (χ3n) is 2.90. The predicted molar refractivity (Wildman–Crippen MR) is 68.6 cm³/mol. The fraction of sp³-hybridized carbons (Fsp3) is 0.273. The second kappa shape index (κ2) is 4.55. The van der Waals surface area contributed by atoms with Crippen molar-refractivity contribution in [1.82, 2.24) is 25.1 Å². The molecular weight excluding hydrogens is 244 g/mol. The smallest absolute Gasteiger partial charge is 0.252 e. The Bertz CT molecular complexity index is 622. The zero-order chi connectivity index (χ0) is 13.2. The molecule has 8 nitrogen and oxygen atoms in total. The molecule has 0 aliphatic carbocycles. The highest BCUT2D eigenvalue weighted by molar-refractivity contribution is 5.65. The minimum absolute atomic E-state index is 0.239. The zero-order valence-electron chi connectivity index (χ0n) is 10.0. The molecule has 0 atom stereocenters. The standard InChI is InChI=1S/C11H12N8/c12-4-8-9(13)19(11-15-2-1-3-16-11)18-10(8)17-7-5-14-6-7/h1-3,7,14H,5-6,13H2,(H,17,18). The van der Waals surface area contributed by atoms with Crippen molar-refractivity contribution in [2.75, 3.05) is 24.1 Å². The van der Waals surface area contributed by atoms with E-state index >= 15 is 0 Å². The molecule has 4 N–H and O–H groups in total. The van der Waals surface area contributed by atoms with Gasteiger partial charge in [0.15, 0.2) is 11.6 Å². The van der Waals surface area contributed by atoms with Crippen LogP contribution in [0.15, 0.2) is 18.5 Å². The van der Waals surface area contributed by atoms with Gasteiger partial charge in [0, 0.05) is 25.5 Å². The number of anilines is 2. The van der Waals surface area contributed by atoms with Crippen LogP contribution in [0.3, 0.4) is 0 Å². The Morgan fingerprint density at radius 1 is 1.42 bits per heavy atom. The molecule has 1 aliphatic rings. The van der Waals surface area contributed by atoms with Gasteiger partial charge in [0.25, 0.3) is 5.95 Å². The molecule has 0 amide bonds. The van der Waals surface area contributed by atoms with E-state index in [9.17, 15) is 5.26 Å². The van der Waals surface area contributed by atoms with E-state index in [1.54, 1.807) is 18.5 Å². The van der Waals surface area contributed by atoms with Crippen molar-refractivity contribution in [3.05, 3.63) is 24.0 Å². The number of nitrogens with one attached hydrogen (secondary N) is 2. The van der Waals surface area contributed by atoms with Crippen LogP contribution in [0.2, 0.25) is 0 Å². The normalized spacial score (nSPS) is 14.7. The second-order valence-electron chi connectivity index (χ2n) is 4.18. The van der Waals surface area contributed by atoms with Gasteiger partial charge in [-0.3, -0.25) is 0 Å². The summed E-state index contributed by atoms with van der Waals surface area (Å²) in [7, 11) is 0. The Morgan fingerprint density at radius 2 is 2.16 bits per heavy atom. The highest BCUT2D eigenvalue weighted by Crippen LogP contribution is 2.23. The maximum atomic E-state index is 9.18. The van der Waals surface area contributed by atoms with Crippen LogP contribution in [0.25, 0.3) is 5.95 Å². The zero-order valence-corrected chi connectivity index (χ0v) is 10.0. The van der Waals surface area contributed by atoms with E-state index in [0.29, 0.717) is 17.3 Å². The lowest BCUT2D eigenvalue weighted by Gasteiger charge is -2.27. The maximum Gasteiger partial charge on any atom is 0.252 e. The largest absolute Gasteiger partial charge is 0.382 e. The first kappa shape index (κ1) is 11.4. The molecule has 0 saturated carbocycles. The average molecular weight is 256 g/mol. The molecule has 0 radical (unpaired) electrons. The van der Waals surface area contributed by atoms with Gasteiger partial charge in [0.2, 0.25) is 0 Å². The highest BCUT2D eigenvalue weighted by atomic mass is 15.4. The van der Waals surface area contributed by atoms with Gasteiger partial charge in [-0.25, -0.2) is 9.97 Å². The molecule has 0 aromatic carbocycles. The number of nitriles is 1. The summed E-state index contributed by atoms with van der Waals surface area (Å²) in [5.74, 6) is 1.05. The first-order valence-electron chi connectivity index (χ1n) is 5.83. The number of rotatable bonds is 3. The van der Waals surface area contributed by atoms with Crippen molar-refractivity contribution in [1.29, 1.82) is 5.26 Å². The molecule has 8 heteroatoms. The van der Waals surface area contributed by atoms with Crippen LogP contribution in [0.1, 0.15) is 5.56 Å². The molecule has 96 valence electrons. The van der Waals surface area contributed by atoms with Gasteiger partial charge < -0.3 is 16.4 Å². The van der Waals surface area contributed by atoms with E-state index < -0.39 is 0 Å². The van der Waals surface area contributed by atoms with Crippen molar-refractivity contribution in [3.8, 4) is 12.0 Å². The van der Waals surface area contributed by atoms with E-state index in [1.165, 1.54) is 4.68 Å². The molecule has 0 spiro atoms. The number of nitrogens with two attached hydrogens (primary N) is 1. The Morgan fingerprint density at radius 3 is 2.74 bits per heavy atom. The molecule has 3 heterocycles. The molecule has 3 rings (SSSR count). The number of nitrogen functional groups attached to an aromatic ring is 1. The summed E-state index contributed by atoms with van der Waals surface area (Å²) in [6.07, 6.45) is 3.19. The van der Waals surface area contributed by atoms with Crippen LogP contribution < -0.4 is 16.4 Å². The lowest BCUT2D eigenvalue weighted by atomic mass is 10.2. The molecule has 2 aromatic rings. The van der Waals surface area contributed by atoms with Gasteiger partial charge in [-0.1, -0.05) is 0 Å². The number of nitrogens with zero attached hydrogens (tertiary/aromatic N) is 5. The summed E-state index contributed by atoms with van der Waals surface area (Å²) in [5.41, 5.74) is 6.24. The van der Waals surface area contributed by atoms with Crippen molar-refractivity contribution < 1.29 is 0 Å². The topological polar surface area (TPSA) is 117 Å². The van der Waals surface area contributed by atoms with Crippen LogP contribution in [0.5, 0.6) is 0 Å². The first-order chi connectivity index (χ1) is 9.29.